The lowest BCUT2D eigenvalue weighted by Crippen LogP contribution is -2.47. The first-order valence-corrected chi connectivity index (χ1v) is 8.67. The summed E-state index contributed by atoms with van der Waals surface area (Å²) < 4.78 is 26.6. The van der Waals surface area contributed by atoms with Gasteiger partial charge >= 0.3 is 0 Å². The summed E-state index contributed by atoms with van der Waals surface area (Å²) in [6.45, 7) is 1.78. The van der Waals surface area contributed by atoms with Gasteiger partial charge in [0.05, 0.1) is 17.4 Å². The molecule has 0 amide bonds. The molecule has 0 aliphatic carbocycles. The molecule has 1 aliphatic heterocycles. The molecule has 0 aromatic heterocycles. The van der Waals surface area contributed by atoms with Crippen LogP contribution in [-0.4, -0.2) is 50.8 Å². The average Bonchev–Trinajstić information content (AvgIpc) is 2.46. The number of piperidine rings is 1. The van der Waals surface area contributed by atoms with E-state index in [-0.39, 0.29) is 11.8 Å². The molecule has 1 unspecified atom stereocenters. The molecule has 0 radical (unpaired) electrons. The summed E-state index contributed by atoms with van der Waals surface area (Å²) in [4.78, 5) is 2.16. The highest BCUT2D eigenvalue weighted by Gasteiger charge is 2.29. The van der Waals surface area contributed by atoms with E-state index in [2.05, 4.69) is 11.0 Å². The van der Waals surface area contributed by atoms with Crippen molar-refractivity contribution in [3.05, 3.63) is 35.4 Å². The van der Waals surface area contributed by atoms with E-state index in [4.69, 9.17) is 5.26 Å². The van der Waals surface area contributed by atoms with Crippen LogP contribution in [0.2, 0.25) is 0 Å². The van der Waals surface area contributed by atoms with Gasteiger partial charge in [0.1, 0.15) is 0 Å². The van der Waals surface area contributed by atoms with Gasteiger partial charge in [-0.3, -0.25) is 0 Å². The highest BCUT2D eigenvalue weighted by molar-refractivity contribution is 7.88. The number of nitrogens with zero attached hydrogens (tertiary/aromatic N) is 3. The molecule has 1 fully saturated rings. The molecule has 114 valence electrons. The summed E-state index contributed by atoms with van der Waals surface area (Å²) in [5.41, 5.74) is 0.992. The van der Waals surface area contributed by atoms with Crippen LogP contribution in [0.3, 0.4) is 0 Å². The molecular weight excluding hydrogens is 286 g/mol. The van der Waals surface area contributed by atoms with Gasteiger partial charge in [-0.2, -0.15) is 5.26 Å². The second kappa shape index (κ2) is 6.56. The number of likely N-dealkylation sites (tertiary alicyclic amines) is 1. The maximum absolute atomic E-state index is 12.6. The second-order valence-electron chi connectivity index (χ2n) is 5.60. The van der Waals surface area contributed by atoms with Gasteiger partial charge in [-0.05, 0) is 38.1 Å². The lowest BCUT2D eigenvalue weighted by molar-refractivity contribution is 0.187. The fourth-order valence-corrected chi connectivity index (χ4v) is 4.19. The van der Waals surface area contributed by atoms with Crippen LogP contribution in [0.4, 0.5) is 0 Å². The molecule has 0 bridgehead atoms. The highest BCUT2D eigenvalue weighted by atomic mass is 32.2. The predicted octanol–water partition coefficient (Wildman–Crippen LogP) is 1.41. The maximum Gasteiger partial charge on any atom is 0.218 e. The van der Waals surface area contributed by atoms with Gasteiger partial charge in [0.25, 0.3) is 0 Å². The van der Waals surface area contributed by atoms with Crippen LogP contribution in [-0.2, 0) is 15.8 Å². The molecule has 2 rings (SSSR count). The normalized spacial score (nSPS) is 20.4. The molecule has 0 spiro atoms. The van der Waals surface area contributed by atoms with Gasteiger partial charge in [0, 0.05) is 19.6 Å². The lowest BCUT2D eigenvalue weighted by Gasteiger charge is -2.35. The number of sulfonamides is 1. The first-order chi connectivity index (χ1) is 9.94. The van der Waals surface area contributed by atoms with E-state index >= 15 is 0 Å². The van der Waals surface area contributed by atoms with Gasteiger partial charge < -0.3 is 4.90 Å². The number of nitriles is 1. The standard InChI is InChI=1S/C15H21N3O2S/c1-17-9-5-8-15(11-17)18(2)21(19,20)12-14-7-4-3-6-13(14)10-16/h3-4,6-7,15H,5,8-9,11-12H2,1-2H3. The van der Waals surface area contributed by atoms with Crippen LogP contribution in [0, 0.1) is 11.3 Å². The number of hydrogen-bond donors (Lipinski definition) is 0. The zero-order chi connectivity index (χ0) is 15.5. The summed E-state index contributed by atoms with van der Waals surface area (Å²) in [5.74, 6) is -0.118. The Morgan fingerprint density at radius 3 is 2.81 bits per heavy atom. The SMILES string of the molecule is CN1CCCC(N(C)S(=O)(=O)Cc2ccccc2C#N)C1. The molecule has 5 nitrogen and oxygen atoms in total. The summed E-state index contributed by atoms with van der Waals surface area (Å²) in [6, 6.07) is 8.93. The van der Waals surface area contributed by atoms with Gasteiger partial charge in [-0.1, -0.05) is 18.2 Å². The molecule has 0 N–H and O–H groups in total. The molecule has 1 aliphatic rings. The van der Waals surface area contributed by atoms with E-state index in [1.807, 2.05) is 7.05 Å². The van der Waals surface area contributed by atoms with E-state index in [9.17, 15) is 8.42 Å². The summed E-state index contributed by atoms with van der Waals surface area (Å²) in [5, 5.41) is 9.07. The Hall–Kier alpha value is -1.42. The van der Waals surface area contributed by atoms with E-state index in [0.717, 1.165) is 25.9 Å². The van der Waals surface area contributed by atoms with Crippen molar-refractivity contribution in [3.63, 3.8) is 0 Å². The Morgan fingerprint density at radius 1 is 1.43 bits per heavy atom. The van der Waals surface area contributed by atoms with Crippen LogP contribution < -0.4 is 0 Å². The van der Waals surface area contributed by atoms with Gasteiger partial charge in [0.15, 0.2) is 0 Å². The lowest BCUT2D eigenvalue weighted by atomic mass is 10.1. The van der Waals surface area contributed by atoms with Crippen molar-refractivity contribution in [1.82, 2.24) is 9.21 Å². The van der Waals surface area contributed by atoms with Crippen LogP contribution in [0.5, 0.6) is 0 Å². The Bertz CT molecular complexity index is 637. The van der Waals surface area contributed by atoms with Crippen LogP contribution in [0.1, 0.15) is 24.0 Å². The zero-order valence-corrected chi connectivity index (χ0v) is 13.3. The van der Waals surface area contributed by atoms with Crippen LogP contribution in [0.15, 0.2) is 24.3 Å². The molecule has 1 aromatic carbocycles. The predicted molar refractivity (Wildman–Crippen MR) is 82.1 cm³/mol. The molecule has 6 heteroatoms. The fraction of sp³-hybridized carbons (Fsp3) is 0.533. The minimum absolute atomic E-state index is 0.0167. The quantitative estimate of drug-likeness (QED) is 0.844. The van der Waals surface area contributed by atoms with E-state index in [1.54, 1.807) is 31.3 Å². The van der Waals surface area contributed by atoms with Crippen molar-refractivity contribution in [2.75, 3.05) is 27.2 Å². The first-order valence-electron chi connectivity index (χ1n) is 7.06. The van der Waals surface area contributed by atoms with E-state index < -0.39 is 10.0 Å². The van der Waals surface area contributed by atoms with Crippen LogP contribution in [0.25, 0.3) is 0 Å². The average molecular weight is 307 g/mol. The highest BCUT2D eigenvalue weighted by Crippen LogP contribution is 2.20. The van der Waals surface area contributed by atoms with Crippen molar-refractivity contribution in [1.29, 1.82) is 5.26 Å². The maximum atomic E-state index is 12.6. The molecule has 1 atom stereocenters. The third-order valence-electron chi connectivity index (χ3n) is 4.03. The molecule has 0 saturated carbocycles. The van der Waals surface area contributed by atoms with Crippen LogP contribution >= 0.6 is 0 Å². The Morgan fingerprint density at radius 2 is 2.14 bits per heavy atom. The third kappa shape index (κ3) is 3.82. The fourth-order valence-electron chi connectivity index (χ4n) is 2.72. The van der Waals surface area contributed by atoms with Gasteiger partial charge in [-0.25, -0.2) is 12.7 Å². The molecule has 1 heterocycles. The minimum Gasteiger partial charge on any atom is -0.305 e. The number of benzene rings is 1. The second-order valence-corrected chi connectivity index (χ2v) is 7.63. The number of rotatable bonds is 4. The van der Waals surface area contributed by atoms with Crippen molar-refractivity contribution in [2.24, 2.45) is 0 Å². The largest absolute Gasteiger partial charge is 0.305 e. The molecular formula is C15H21N3O2S. The Balaban J connectivity index is 2.16. The molecule has 21 heavy (non-hydrogen) atoms. The summed E-state index contributed by atoms with van der Waals surface area (Å²) in [7, 11) is 0.245. The van der Waals surface area contributed by atoms with Crippen molar-refractivity contribution >= 4 is 10.0 Å². The van der Waals surface area contributed by atoms with Crippen molar-refractivity contribution < 1.29 is 8.42 Å². The first kappa shape index (κ1) is 16.0. The van der Waals surface area contributed by atoms with E-state index in [0.29, 0.717) is 11.1 Å². The third-order valence-corrected chi connectivity index (χ3v) is 5.88. The summed E-state index contributed by atoms with van der Waals surface area (Å²) >= 11 is 0. The molecule has 1 saturated heterocycles. The zero-order valence-electron chi connectivity index (χ0n) is 12.5. The monoisotopic (exact) mass is 307 g/mol. The van der Waals surface area contributed by atoms with Crippen molar-refractivity contribution in [2.45, 2.75) is 24.6 Å². The molecule has 1 aromatic rings. The Kier molecular flexibility index (Phi) is 4.99. The van der Waals surface area contributed by atoms with E-state index in [1.165, 1.54) is 4.31 Å². The van der Waals surface area contributed by atoms with Gasteiger partial charge in [-0.15, -0.1) is 0 Å². The van der Waals surface area contributed by atoms with Gasteiger partial charge in [0.2, 0.25) is 10.0 Å². The Labute approximate surface area is 126 Å². The van der Waals surface area contributed by atoms with Crippen molar-refractivity contribution in [3.8, 4) is 6.07 Å². The minimum atomic E-state index is -3.41. The smallest absolute Gasteiger partial charge is 0.218 e. The number of hydrogen-bond acceptors (Lipinski definition) is 4. The summed E-state index contributed by atoms with van der Waals surface area (Å²) in [6.07, 6.45) is 1.90. The number of likely N-dealkylation sites (N-methyl/N-ethyl adjacent to an activating group) is 2. The topological polar surface area (TPSA) is 64.4 Å².